The Hall–Kier alpha value is -2.54. The van der Waals surface area contributed by atoms with Crippen LogP contribution in [0.1, 0.15) is 12.8 Å². The Kier molecular flexibility index (Phi) is 6.70. The Morgan fingerprint density at radius 2 is 1.44 bits per heavy atom. The quantitative estimate of drug-likeness (QED) is 0.760. The van der Waals surface area contributed by atoms with Gasteiger partial charge in [-0.15, -0.1) is 11.8 Å². The second kappa shape index (κ2) is 9.41. The first-order chi connectivity index (χ1) is 13.1. The van der Waals surface area contributed by atoms with E-state index in [1.165, 1.54) is 23.9 Å². The van der Waals surface area contributed by atoms with Crippen molar-refractivity contribution in [2.24, 2.45) is 0 Å². The van der Waals surface area contributed by atoms with Gasteiger partial charge in [-0.1, -0.05) is 24.3 Å². The molecule has 7 heteroatoms. The summed E-state index contributed by atoms with van der Waals surface area (Å²) in [6.07, 6.45) is 2.32. The number of nitrogens with one attached hydrogen (secondary N) is 2. The lowest BCUT2D eigenvalue weighted by Gasteiger charge is -2.21. The highest BCUT2D eigenvalue weighted by atomic mass is 32.2. The van der Waals surface area contributed by atoms with E-state index in [4.69, 9.17) is 0 Å². The number of hydrogen-bond donors (Lipinski definition) is 2. The number of rotatable bonds is 7. The topological polar surface area (TPSA) is 61.4 Å². The average molecular weight is 387 g/mol. The zero-order valence-corrected chi connectivity index (χ0v) is 15.7. The normalized spacial score (nSPS) is 13.4. The summed E-state index contributed by atoms with van der Waals surface area (Å²) in [5.41, 5.74) is 1.97. The molecule has 0 spiro atoms. The third-order valence-corrected chi connectivity index (χ3v) is 5.17. The molecule has 1 aliphatic rings. The lowest BCUT2D eigenvalue weighted by atomic mass is 10.2. The zero-order valence-electron chi connectivity index (χ0n) is 14.9. The van der Waals surface area contributed by atoms with Crippen LogP contribution in [0.4, 0.5) is 21.5 Å². The van der Waals surface area contributed by atoms with Crippen molar-refractivity contribution in [3.63, 3.8) is 0 Å². The van der Waals surface area contributed by atoms with E-state index in [1.807, 2.05) is 24.3 Å². The lowest BCUT2D eigenvalue weighted by Crippen LogP contribution is -2.22. The van der Waals surface area contributed by atoms with E-state index in [1.54, 1.807) is 12.1 Å². The molecule has 142 valence electrons. The molecule has 5 nitrogen and oxygen atoms in total. The molecule has 2 N–H and O–H groups in total. The van der Waals surface area contributed by atoms with Crippen LogP contribution in [-0.2, 0) is 9.59 Å². The first-order valence-corrected chi connectivity index (χ1v) is 10.0. The summed E-state index contributed by atoms with van der Waals surface area (Å²) in [4.78, 5) is 26.4. The van der Waals surface area contributed by atoms with Crippen molar-refractivity contribution in [3.05, 3.63) is 54.3 Å². The summed E-state index contributed by atoms with van der Waals surface area (Å²) < 4.78 is 13.5. The predicted molar refractivity (Wildman–Crippen MR) is 109 cm³/mol. The van der Waals surface area contributed by atoms with Gasteiger partial charge in [0.05, 0.1) is 28.6 Å². The highest BCUT2D eigenvalue weighted by Gasteiger charge is 2.16. The monoisotopic (exact) mass is 387 g/mol. The SMILES string of the molecule is O=C(CSCC(=O)Nc1ccccc1N1CCCC1)Nc1ccccc1F. The molecule has 0 aliphatic carbocycles. The van der Waals surface area contributed by atoms with Gasteiger partial charge in [0.25, 0.3) is 0 Å². The van der Waals surface area contributed by atoms with Gasteiger partial charge >= 0.3 is 0 Å². The molecule has 1 saturated heterocycles. The largest absolute Gasteiger partial charge is 0.370 e. The fourth-order valence-electron chi connectivity index (χ4n) is 2.98. The molecule has 0 bridgehead atoms. The number of benzene rings is 2. The van der Waals surface area contributed by atoms with Crippen molar-refractivity contribution in [3.8, 4) is 0 Å². The molecule has 2 amide bonds. The summed E-state index contributed by atoms with van der Waals surface area (Å²) >= 11 is 1.19. The van der Waals surface area contributed by atoms with Crippen LogP contribution >= 0.6 is 11.8 Å². The molecule has 0 unspecified atom stereocenters. The van der Waals surface area contributed by atoms with Crippen molar-refractivity contribution in [1.29, 1.82) is 0 Å². The van der Waals surface area contributed by atoms with Crippen molar-refractivity contribution < 1.29 is 14.0 Å². The highest BCUT2D eigenvalue weighted by Crippen LogP contribution is 2.28. The maximum Gasteiger partial charge on any atom is 0.234 e. The smallest absolute Gasteiger partial charge is 0.234 e. The third-order valence-electron chi connectivity index (χ3n) is 4.24. The molecular weight excluding hydrogens is 365 g/mol. The summed E-state index contributed by atoms with van der Waals surface area (Å²) in [5.74, 6) is -0.748. The predicted octanol–water partition coefficient (Wildman–Crippen LogP) is 3.74. The second-order valence-corrected chi connectivity index (χ2v) is 7.27. The Balaban J connectivity index is 1.46. The van der Waals surface area contributed by atoms with Crippen molar-refractivity contribution >= 4 is 40.6 Å². The number of anilines is 3. The van der Waals surface area contributed by atoms with Crippen LogP contribution in [0, 0.1) is 5.82 Å². The maximum absolute atomic E-state index is 13.5. The van der Waals surface area contributed by atoms with E-state index < -0.39 is 5.82 Å². The van der Waals surface area contributed by atoms with Crippen LogP contribution < -0.4 is 15.5 Å². The minimum atomic E-state index is -0.480. The van der Waals surface area contributed by atoms with Crippen LogP contribution in [0.2, 0.25) is 0 Å². The molecule has 1 heterocycles. The molecule has 0 aromatic heterocycles. The number of para-hydroxylation sites is 3. The van der Waals surface area contributed by atoms with Gasteiger partial charge in [0, 0.05) is 13.1 Å². The number of hydrogen-bond acceptors (Lipinski definition) is 4. The van der Waals surface area contributed by atoms with Gasteiger partial charge in [-0.2, -0.15) is 0 Å². The molecule has 1 fully saturated rings. The van der Waals surface area contributed by atoms with Crippen LogP contribution in [0.3, 0.4) is 0 Å². The minimum absolute atomic E-state index is 0.0789. The molecule has 1 aliphatic heterocycles. The lowest BCUT2D eigenvalue weighted by molar-refractivity contribution is -0.114. The van der Waals surface area contributed by atoms with E-state index in [9.17, 15) is 14.0 Å². The molecule has 0 radical (unpaired) electrons. The van der Waals surface area contributed by atoms with Crippen molar-refractivity contribution in [2.75, 3.05) is 40.1 Å². The minimum Gasteiger partial charge on any atom is -0.370 e. The van der Waals surface area contributed by atoms with Crippen LogP contribution in [0.25, 0.3) is 0 Å². The van der Waals surface area contributed by atoms with Gasteiger partial charge in [0.2, 0.25) is 11.8 Å². The van der Waals surface area contributed by atoms with Crippen LogP contribution in [-0.4, -0.2) is 36.4 Å². The Labute approximate surface area is 162 Å². The standard InChI is InChI=1S/C20H22FN3O2S/c21-15-7-1-2-8-16(15)22-19(25)13-27-14-20(26)23-17-9-3-4-10-18(17)24-11-5-6-12-24/h1-4,7-10H,5-6,11-14H2,(H,22,25)(H,23,26). The molecule has 27 heavy (non-hydrogen) atoms. The van der Waals surface area contributed by atoms with Crippen LogP contribution in [0.15, 0.2) is 48.5 Å². The number of amides is 2. The molecule has 0 atom stereocenters. The number of thioether (sulfide) groups is 1. The highest BCUT2D eigenvalue weighted by molar-refractivity contribution is 8.00. The molecule has 0 saturated carbocycles. The number of carbonyl (C=O) groups is 2. The first kappa shape index (κ1) is 19.2. The summed E-state index contributed by atoms with van der Waals surface area (Å²) in [6, 6.07) is 13.8. The van der Waals surface area contributed by atoms with E-state index in [0.29, 0.717) is 0 Å². The van der Waals surface area contributed by atoms with E-state index in [2.05, 4.69) is 15.5 Å². The van der Waals surface area contributed by atoms with Gasteiger partial charge in [-0.05, 0) is 37.1 Å². The number of halogens is 1. The fraction of sp³-hybridized carbons (Fsp3) is 0.300. The summed E-state index contributed by atoms with van der Waals surface area (Å²) in [5, 5.41) is 5.43. The van der Waals surface area contributed by atoms with Crippen LogP contribution in [0.5, 0.6) is 0 Å². The first-order valence-electron chi connectivity index (χ1n) is 8.89. The summed E-state index contributed by atoms with van der Waals surface area (Å²) in [6.45, 7) is 2.00. The number of nitrogens with zero attached hydrogens (tertiary/aromatic N) is 1. The molecule has 2 aromatic carbocycles. The van der Waals surface area contributed by atoms with E-state index >= 15 is 0 Å². The molecular formula is C20H22FN3O2S. The Morgan fingerprint density at radius 1 is 0.889 bits per heavy atom. The second-order valence-electron chi connectivity index (χ2n) is 6.28. The van der Waals surface area contributed by atoms with Gasteiger partial charge in [-0.25, -0.2) is 4.39 Å². The van der Waals surface area contributed by atoms with Gasteiger partial charge in [-0.3, -0.25) is 9.59 Å². The zero-order chi connectivity index (χ0) is 19.1. The maximum atomic E-state index is 13.5. The van der Waals surface area contributed by atoms with Gasteiger partial charge in [0.15, 0.2) is 0 Å². The molecule has 2 aromatic rings. The number of carbonyl (C=O) groups excluding carboxylic acids is 2. The summed E-state index contributed by atoms with van der Waals surface area (Å²) in [7, 11) is 0. The van der Waals surface area contributed by atoms with E-state index in [-0.39, 0.29) is 29.0 Å². The third kappa shape index (κ3) is 5.47. The van der Waals surface area contributed by atoms with E-state index in [0.717, 1.165) is 37.3 Å². The van der Waals surface area contributed by atoms with Crippen molar-refractivity contribution in [1.82, 2.24) is 0 Å². The Bertz CT molecular complexity index is 809. The fourth-order valence-corrected chi connectivity index (χ4v) is 3.60. The molecule has 3 rings (SSSR count). The Morgan fingerprint density at radius 3 is 2.11 bits per heavy atom. The van der Waals surface area contributed by atoms with Crippen molar-refractivity contribution in [2.45, 2.75) is 12.8 Å². The average Bonchev–Trinajstić information content (AvgIpc) is 3.18. The van der Waals surface area contributed by atoms with Gasteiger partial charge < -0.3 is 15.5 Å². The van der Waals surface area contributed by atoms with Gasteiger partial charge in [0.1, 0.15) is 5.82 Å².